The van der Waals surface area contributed by atoms with E-state index < -0.39 is 10.1 Å². The highest BCUT2D eigenvalue weighted by atomic mass is 32.2. The van der Waals surface area contributed by atoms with Gasteiger partial charge in [-0.1, -0.05) is 36.4 Å². The minimum Gasteiger partial charge on any atom is -0.507 e. The normalized spacial score (nSPS) is 11.4. The zero-order valence-electron chi connectivity index (χ0n) is 9.66. The predicted molar refractivity (Wildman–Crippen MR) is 68.1 cm³/mol. The second kappa shape index (κ2) is 4.44. The number of aromatic hydroxyl groups is 1. The van der Waals surface area contributed by atoms with E-state index in [9.17, 15) is 18.1 Å². The first-order chi connectivity index (χ1) is 8.41. The summed E-state index contributed by atoms with van der Waals surface area (Å²) >= 11 is 0. The number of para-hydroxylation sites is 1. The lowest BCUT2D eigenvalue weighted by Gasteiger charge is -2.11. The molecule has 2 aromatic carbocycles. The van der Waals surface area contributed by atoms with Gasteiger partial charge in [0.05, 0.1) is 0 Å². The summed E-state index contributed by atoms with van der Waals surface area (Å²) in [5.41, 5.74) is 1.09. The molecule has 94 valence electrons. The van der Waals surface area contributed by atoms with Crippen LogP contribution in [-0.2, 0) is 10.1 Å². The van der Waals surface area contributed by atoms with E-state index in [0.29, 0.717) is 11.1 Å². The van der Waals surface area contributed by atoms with Crippen LogP contribution in [0.4, 0.5) is 0 Å². The summed E-state index contributed by atoms with van der Waals surface area (Å²) in [6.45, 7) is 1.59. The second-order valence-corrected chi connectivity index (χ2v) is 5.30. The molecule has 2 rings (SSSR count). The molecular weight excluding hydrogens is 252 g/mol. The molecule has 0 saturated carbocycles. The molecule has 2 aromatic rings. The topological polar surface area (TPSA) is 74.6 Å². The van der Waals surface area contributed by atoms with Gasteiger partial charge < -0.3 is 5.11 Å². The maximum Gasteiger partial charge on any atom is 0.295 e. The van der Waals surface area contributed by atoms with Crippen LogP contribution in [0.15, 0.2) is 47.4 Å². The van der Waals surface area contributed by atoms with E-state index in [-0.39, 0.29) is 16.2 Å². The summed E-state index contributed by atoms with van der Waals surface area (Å²) in [4.78, 5) is -0.175. The summed E-state index contributed by atoms with van der Waals surface area (Å²) in [6, 6.07) is 11.2. The largest absolute Gasteiger partial charge is 0.507 e. The molecule has 0 amide bonds. The minimum atomic E-state index is -4.34. The van der Waals surface area contributed by atoms with Crippen molar-refractivity contribution in [3.8, 4) is 16.9 Å². The lowest BCUT2D eigenvalue weighted by molar-refractivity contribution is 0.476. The standard InChI is InChI=1S/C13H12O4S/c1-9-5-4-7-11(13(9)18(15,16)17)10-6-2-3-8-12(10)14/h2-8,14H,1H3,(H,15,16,17). The number of phenols is 1. The Morgan fingerprint density at radius 3 is 2.17 bits per heavy atom. The average Bonchev–Trinajstić information content (AvgIpc) is 2.27. The van der Waals surface area contributed by atoms with Crippen molar-refractivity contribution >= 4 is 10.1 Å². The van der Waals surface area contributed by atoms with Gasteiger partial charge >= 0.3 is 0 Å². The van der Waals surface area contributed by atoms with Gasteiger partial charge in [0.2, 0.25) is 0 Å². The van der Waals surface area contributed by atoms with E-state index in [1.54, 1.807) is 43.3 Å². The Labute approximate surface area is 105 Å². The van der Waals surface area contributed by atoms with Gasteiger partial charge in [0.25, 0.3) is 10.1 Å². The summed E-state index contributed by atoms with van der Waals surface area (Å²) in [7, 11) is -4.34. The molecule has 4 nitrogen and oxygen atoms in total. The van der Waals surface area contributed by atoms with Gasteiger partial charge in [0.1, 0.15) is 10.6 Å². The number of rotatable bonds is 2. The first-order valence-corrected chi connectivity index (χ1v) is 6.71. The molecule has 0 fully saturated rings. The van der Waals surface area contributed by atoms with E-state index in [0.717, 1.165) is 0 Å². The highest BCUT2D eigenvalue weighted by molar-refractivity contribution is 7.86. The lowest BCUT2D eigenvalue weighted by atomic mass is 10.0. The molecule has 0 aliphatic carbocycles. The lowest BCUT2D eigenvalue weighted by Crippen LogP contribution is -2.03. The maximum absolute atomic E-state index is 11.4. The first kappa shape index (κ1) is 12.6. The van der Waals surface area contributed by atoms with Crippen molar-refractivity contribution in [3.63, 3.8) is 0 Å². The zero-order valence-corrected chi connectivity index (χ0v) is 10.5. The quantitative estimate of drug-likeness (QED) is 0.818. The van der Waals surface area contributed by atoms with Gasteiger partial charge in [-0.25, -0.2) is 0 Å². The first-order valence-electron chi connectivity index (χ1n) is 5.27. The average molecular weight is 264 g/mol. The summed E-state index contributed by atoms with van der Waals surface area (Å²) in [5.74, 6) is -0.0343. The third kappa shape index (κ3) is 2.23. The van der Waals surface area contributed by atoms with Crippen molar-refractivity contribution in [3.05, 3.63) is 48.0 Å². The summed E-state index contributed by atoms with van der Waals surface area (Å²) in [5, 5.41) is 9.77. The van der Waals surface area contributed by atoms with Crippen molar-refractivity contribution in [1.82, 2.24) is 0 Å². The van der Waals surface area contributed by atoms with Gasteiger partial charge in [-0.15, -0.1) is 0 Å². The molecule has 0 heterocycles. The Kier molecular flexibility index (Phi) is 3.11. The Morgan fingerprint density at radius 1 is 0.944 bits per heavy atom. The molecule has 0 bridgehead atoms. The molecule has 0 unspecified atom stereocenters. The number of phenolic OH excluding ortho intramolecular Hbond substituents is 1. The minimum absolute atomic E-state index is 0.0343. The van der Waals surface area contributed by atoms with E-state index in [1.165, 1.54) is 6.07 Å². The van der Waals surface area contributed by atoms with Crippen LogP contribution >= 0.6 is 0 Å². The zero-order chi connectivity index (χ0) is 13.3. The smallest absolute Gasteiger partial charge is 0.295 e. The number of benzene rings is 2. The third-order valence-electron chi connectivity index (χ3n) is 2.66. The van der Waals surface area contributed by atoms with Crippen LogP contribution in [-0.4, -0.2) is 18.1 Å². The Balaban J connectivity index is 2.82. The van der Waals surface area contributed by atoms with Crippen LogP contribution < -0.4 is 0 Å². The van der Waals surface area contributed by atoms with Crippen LogP contribution in [0.2, 0.25) is 0 Å². The molecule has 0 spiro atoms. The molecule has 0 aliphatic rings. The second-order valence-electron chi connectivity index (χ2n) is 3.94. The monoisotopic (exact) mass is 264 g/mol. The fraction of sp³-hybridized carbons (Fsp3) is 0.0769. The predicted octanol–water partition coefficient (Wildman–Crippen LogP) is 2.61. The molecule has 0 aliphatic heterocycles. The number of hydrogen-bond acceptors (Lipinski definition) is 3. The molecule has 2 N–H and O–H groups in total. The Morgan fingerprint density at radius 2 is 1.56 bits per heavy atom. The highest BCUT2D eigenvalue weighted by Gasteiger charge is 2.20. The van der Waals surface area contributed by atoms with Crippen LogP contribution in [0.1, 0.15) is 5.56 Å². The molecule has 0 radical (unpaired) electrons. The van der Waals surface area contributed by atoms with E-state index >= 15 is 0 Å². The molecular formula is C13H12O4S. The SMILES string of the molecule is Cc1cccc(-c2ccccc2O)c1S(=O)(=O)O. The van der Waals surface area contributed by atoms with Crippen molar-refractivity contribution in [1.29, 1.82) is 0 Å². The van der Waals surface area contributed by atoms with Gasteiger partial charge in [-0.3, -0.25) is 4.55 Å². The van der Waals surface area contributed by atoms with Crippen molar-refractivity contribution in [2.24, 2.45) is 0 Å². The van der Waals surface area contributed by atoms with Gasteiger partial charge in [0.15, 0.2) is 0 Å². The molecule has 0 aromatic heterocycles. The molecule has 0 saturated heterocycles. The highest BCUT2D eigenvalue weighted by Crippen LogP contribution is 2.34. The number of aryl methyl sites for hydroxylation is 1. The maximum atomic E-state index is 11.4. The fourth-order valence-corrected chi connectivity index (χ4v) is 2.84. The third-order valence-corrected chi connectivity index (χ3v) is 3.72. The van der Waals surface area contributed by atoms with E-state index in [2.05, 4.69) is 0 Å². The Hall–Kier alpha value is -1.85. The molecule has 5 heteroatoms. The molecule has 18 heavy (non-hydrogen) atoms. The van der Waals surface area contributed by atoms with Gasteiger partial charge in [-0.2, -0.15) is 8.42 Å². The van der Waals surface area contributed by atoms with Gasteiger partial charge in [-0.05, 0) is 18.6 Å². The van der Waals surface area contributed by atoms with E-state index in [1.807, 2.05) is 0 Å². The van der Waals surface area contributed by atoms with Crippen molar-refractivity contribution in [2.75, 3.05) is 0 Å². The van der Waals surface area contributed by atoms with Crippen LogP contribution in [0.3, 0.4) is 0 Å². The summed E-state index contributed by atoms with van der Waals surface area (Å²) < 4.78 is 32.2. The van der Waals surface area contributed by atoms with Gasteiger partial charge in [0, 0.05) is 11.1 Å². The van der Waals surface area contributed by atoms with E-state index in [4.69, 9.17) is 0 Å². The fourth-order valence-electron chi connectivity index (χ4n) is 1.91. The van der Waals surface area contributed by atoms with Crippen LogP contribution in [0.25, 0.3) is 11.1 Å². The van der Waals surface area contributed by atoms with Crippen molar-refractivity contribution < 1.29 is 18.1 Å². The Bertz CT molecular complexity index is 690. The molecule has 0 atom stereocenters. The van der Waals surface area contributed by atoms with Crippen LogP contribution in [0.5, 0.6) is 5.75 Å². The summed E-state index contributed by atoms with van der Waals surface area (Å²) in [6.07, 6.45) is 0. The van der Waals surface area contributed by atoms with Crippen LogP contribution in [0, 0.1) is 6.92 Å². The number of hydrogen-bond donors (Lipinski definition) is 2. The van der Waals surface area contributed by atoms with Crippen molar-refractivity contribution in [2.45, 2.75) is 11.8 Å².